The lowest BCUT2D eigenvalue weighted by atomic mass is 10.2. The molecule has 4 aromatic carbocycles. The van der Waals surface area contributed by atoms with E-state index in [9.17, 15) is 13.2 Å². The van der Waals surface area contributed by atoms with E-state index >= 15 is 0 Å². The zero-order valence-corrected chi connectivity index (χ0v) is 21.2. The van der Waals surface area contributed by atoms with Gasteiger partial charge in [-0.05, 0) is 66.1 Å². The molecule has 37 heavy (non-hydrogen) atoms. The van der Waals surface area contributed by atoms with Gasteiger partial charge in [0, 0.05) is 12.2 Å². The molecule has 0 fully saturated rings. The first-order chi connectivity index (χ1) is 17.9. The van der Waals surface area contributed by atoms with Crippen LogP contribution in [0, 0.1) is 6.92 Å². The first kappa shape index (κ1) is 25.9. The molecule has 0 aromatic heterocycles. The van der Waals surface area contributed by atoms with Gasteiger partial charge in [-0.15, -0.1) is 0 Å². The fraction of sp³-hybridized carbons (Fsp3) is 0.138. The molecule has 0 aliphatic carbocycles. The molecule has 4 aromatic rings. The maximum atomic E-state index is 12.7. The van der Waals surface area contributed by atoms with Crippen LogP contribution in [0.1, 0.15) is 16.7 Å². The standard InChI is InChI=1S/C29H28N2O5S/c1-22-18-27(37(33,34)30-19-23-8-4-2-5-9-23)16-17-28(22)36-21-29(32)31-25-12-14-26(15-13-25)35-20-24-10-6-3-7-11-24/h2-18,30H,19-21H2,1H3,(H,31,32). The van der Waals surface area contributed by atoms with Crippen molar-refractivity contribution in [2.45, 2.75) is 25.0 Å². The van der Waals surface area contributed by atoms with E-state index in [0.717, 1.165) is 11.1 Å². The molecule has 190 valence electrons. The van der Waals surface area contributed by atoms with E-state index in [0.29, 0.717) is 29.4 Å². The van der Waals surface area contributed by atoms with Crippen LogP contribution in [0.25, 0.3) is 0 Å². The molecule has 0 aliphatic heterocycles. The average Bonchev–Trinajstić information content (AvgIpc) is 2.92. The van der Waals surface area contributed by atoms with Crippen molar-refractivity contribution in [3.63, 3.8) is 0 Å². The predicted molar refractivity (Wildman–Crippen MR) is 143 cm³/mol. The maximum Gasteiger partial charge on any atom is 0.262 e. The van der Waals surface area contributed by atoms with Crippen molar-refractivity contribution >= 4 is 21.6 Å². The van der Waals surface area contributed by atoms with Crippen molar-refractivity contribution < 1.29 is 22.7 Å². The molecule has 7 nitrogen and oxygen atoms in total. The van der Waals surface area contributed by atoms with Gasteiger partial charge < -0.3 is 14.8 Å². The van der Waals surface area contributed by atoms with E-state index in [-0.39, 0.29) is 24.0 Å². The van der Waals surface area contributed by atoms with Gasteiger partial charge in [0.25, 0.3) is 5.91 Å². The Morgan fingerprint density at radius 3 is 2.08 bits per heavy atom. The average molecular weight is 517 g/mol. The van der Waals surface area contributed by atoms with Crippen LogP contribution in [0.15, 0.2) is 108 Å². The van der Waals surface area contributed by atoms with Crippen LogP contribution < -0.4 is 19.5 Å². The lowest BCUT2D eigenvalue weighted by Gasteiger charge is -2.12. The summed E-state index contributed by atoms with van der Waals surface area (Å²) in [5.74, 6) is 0.794. The third kappa shape index (κ3) is 7.67. The highest BCUT2D eigenvalue weighted by atomic mass is 32.2. The van der Waals surface area contributed by atoms with Crippen LogP contribution in [0.3, 0.4) is 0 Å². The summed E-state index contributed by atoms with van der Waals surface area (Å²) in [6, 6.07) is 30.8. The summed E-state index contributed by atoms with van der Waals surface area (Å²) in [6.07, 6.45) is 0. The monoisotopic (exact) mass is 516 g/mol. The van der Waals surface area contributed by atoms with E-state index in [1.807, 2.05) is 60.7 Å². The molecule has 0 unspecified atom stereocenters. The minimum absolute atomic E-state index is 0.132. The van der Waals surface area contributed by atoms with Gasteiger partial charge in [-0.1, -0.05) is 60.7 Å². The van der Waals surface area contributed by atoms with Crippen LogP contribution in [-0.4, -0.2) is 20.9 Å². The highest BCUT2D eigenvalue weighted by Gasteiger charge is 2.16. The number of nitrogens with one attached hydrogen (secondary N) is 2. The Labute approximate surface area is 217 Å². The molecule has 0 saturated carbocycles. The molecule has 1 amide bonds. The summed E-state index contributed by atoms with van der Waals surface area (Å²) in [5, 5.41) is 2.78. The van der Waals surface area contributed by atoms with E-state index in [1.54, 1.807) is 37.3 Å². The second-order valence-corrected chi connectivity index (χ2v) is 10.1. The van der Waals surface area contributed by atoms with Crippen molar-refractivity contribution in [3.8, 4) is 11.5 Å². The van der Waals surface area contributed by atoms with Gasteiger partial charge in [-0.2, -0.15) is 0 Å². The number of sulfonamides is 1. The first-order valence-electron chi connectivity index (χ1n) is 11.7. The van der Waals surface area contributed by atoms with Gasteiger partial charge in [-0.3, -0.25) is 4.79 Å². The number of aryl methyl sites for hydroxylation is 1. The summed E-state index contributed by atoms with van der Waals surface area (Å²) in [5.41, 5.74) is 3.16. The smallest absolute Gasteiger partial charge is 0.262 e. The number of benzene rings is 4. The lowest BCUT2D eigenvalue weighted by Crippen LogP contribution is -2.23. The minimum atomic E-state index is -3.69. The quantitative estimate of drug-likeness (QED) is 0.290. The number of hydrogen-bond donors (Lipinski definition) is 2. The largest absolute Gasteiger partial charge is 0.489 e. The fourth-order valence-electron chi connectivity index (χ4n) is 3.52. The van der Waals surface area contributed by atoms with Crippen LogP contribution in [-0.2, 0) is 28.0 Å². The Kier molecular flexibility index (Phi) is 8.56. The molecule has 0 aliphatic rings. The molecule has 0 saturated heterocycles. The summed E-state index contributed by atoms with van der Waals surface area (Å²) in [6.45, 7) is 2.17. The number of ether oxygens (including phenoxy) is 2. The summed E-state index contributed by atoms with van der Waals surface area (Å²) >= 11 is 0. The van der Waals surface area contributed by atoms with Crippen molar-refractivity contribution in [1.29, 1.82) is 0 Å². The second kappa shape index (κ2) is 12.2. The van der Waals surface area contributed by atoms with E-state index in [1.165, 1.54) is 12.1 Å². The molecule has 2 N–H and O–H groups in total. The van der Waals surface area contributed by atoms with Crippen molar-refractivity contribution in [3.05, 3.63) is 120 Å². The topological polar surface area (TPSA) is 93.7 Å². The Morgan fingerprint density at radius 2 is 1.43 bits per heavy atom. The van der Waals surface area contributed by atoms with Gasteiger partial charge in [-0.25, -0.2) is 13.1 Å². The Balaban J connectivity index is 1.26. The second-order valence-electron chi connectivity index (χ2n) is 8.37. The molecule has 0 atom stereocenters. The predicted octanol–water partition coefficient (Wildman–Crippen LogP) is 5.07. The molecule has 8 heteroatoms. The zero-order chi connectivity index (χ0) is 26.1. The van der Waals surface area contributed by atoms with Gasteiger partial charge in [0.1, 0.15) is 18.1 Å². The van der Waals surface area contributed by atoms with Gasteiger partial charge in [0.2, 0.25) is 10.0 Å². The summed E-state index contributed by atoms with van der Waals surface area (Å²) in [4.78, 5) is 12.5. The third-order valence-corrected chi connectivity index (χ3v) is 6.91. The summed E-state index contributed by atoms with van der Waals surface area (Å²) in [7, 11) is -3.69. The van der Waals surface area contributed by atoms with Crippen molar-refractivity contribution in [1.82, 2.24) is 4.72 Å². The third-order valence-electron chi connectivity index (χ3n) is 5.51. The van der Waals surface area contributed by atoms with Crippen molar-refractivity contribution in [2.75, 3.05) is 11.9 Å². The number of carbonyl (C=O) groups is 1. The molecule has 0 heterocycles. The Hall–Kier alpha value is -4.14. The van der Waals surface area contributed by atoms with Gasteiger partial charge >= 0.3 is 0 Å². The van der Waals surface area contributed by atoms with E-state index < -0.39 is 10.0 Å². The molecular formula is C29H28N2O5S. The number of carbonyl (C=O) groups excluding carboxylic acids is 1. The van der Waals surface area contributed by atoms with E-state index in [2.05, 4.69) is 10.0 Å². The SMILES string of the molecule is Cc1cc(S(=O)(=O)NCc2ccccc2)ccc1OCC(=O)Nc1ccc(OCc2ccccc2)cc1. The first-order valence-corrected chi connectivity index (χ1v) is 13.2. The lowest BCUT2D eigenvalue weighted by molar-refractivity contribution is -0.118. The molecule has 0 radical (unpaired) electrons. The van der Waals surface area contributed by atoms with Gasteiger partial charge in [0.05, 0.1) is 4.90 Å². The molecular weight excluding hydrogens is 488 g/mol. The van der Waals surface area contributed by atoms with Crippen molar-refractivity contribution in [2.24, 2.45) is 0 Å². The highest BCUT2D eigenvalue weighted by Crippen LogP contribution is 2.22. The number of anilines is 1. The fourth-order valence-corrected chi connectivity index (χ4v) is 4.63. The molecule has 4 rings (SSSR count). The maximum absolute atomic E-state index is 12.7. The highest BCUT2D eigenvalue weighted by molar-refractivity contribution is 7.89. The number of amides is 1. The van der Waals surface area contributed by atoms with Gasteiger partial charge in [0.15, 0.2) is 6.61 Å². The number of hydrogen-bond acceptors (Lipinski definition) is 5. The number of rotatable bonds is 11. The zero-order valence-electron chi connectivity index (χ0n) is 20.4. The normalized spacial score (nSPS) is 11.1. The van der Waals surface area contributed by atoms with Crippen LogP contribution in [0.2, 0.25) is 0 Å². The van der Waals surface area contributed by atoms with Crippen LogP contribution in [0.4, 0.5) is 5.69 Å². The minimum Gasteiger partial charge on any atom is -0.489 e. The molecule has 0 bridgehead atoms. The van der Waals surface area contributed by atoms with Crippen LogP contribution >= 0.6 is 0 Å². The van der Waals surface area contributed by atoms with Crippen LogP contribution in [0.5, 0.6) is 11.5 Å². The van der Waals surface area contributed by atoms with E-state index in [4.69, 9.17) is 9.47 Å². The molecule has 0 spiro atoms. The summed E-state index contributed by atoms with van der Waals surface area (Å²) < 4.78 is 39.3. The Morgan fingerprint density at radius 1 is 0.784 bits per heavy atom. The Bertz CT molecular complexity index is 1420.